The lowest BCUT2D eigenvalue weighted by molar-refractivity contribution is -0.250. The second kappa shape index (κ2) is 10.7. The molecule has 0 amide bonds. The highest BCUT2D eigenvalue weighted by molar-refractivity contribution is 6.30. The van der Waals surface area contributed by atoms with Crippen molar-refractivity contribution >= 4 is 29.2 Å². The van der Waals surface area contributed by atoms with Gasteiger partial charge in [0.15, 0.2) is 16.7 Å². The van der Waals surface area contributed by atoms with Crippen LogP contribution in [0.5, 0.6) is 0 Å². The number of anilines is 2. The van der Waals surface area contributed by atoms with Crippen LogP contribution < -0.4 is 4.90 Å². The number of esters is 1. The lowest BCUT2D eigenvalue weighted by Crippen LogP contribution is -2.64. The molecule has 0 aromatic carbocycles. The Kier molecular flexibility index (Phi) is 7.30. The van der Waals surface area contributed by atoms with Crippen molar-refractivity contribution in [2.24, 2.45) is 16.2 Å². The van der Waals surface area contributed by atoms with E-state index in [0.29, 0.717) is 29.7 Å². The van der Waals surface area contributed by atoms with E-state index in [2.05, 4.69) is 35.7 Å². The van der Waals surface area contributed by atoms with Crippen molar-refractivity contribution in [1.82, 2.24) is 25.0 Å². The van der Waals surface area contributed by atoms with Gasteiger partial charge >= 0.3 is 5.97 Å². The molecular formula is C34H43ClN6O4. The van der Waals surface area contributed by atoms with Crippen molar-refractivity contribution in [1.29, 1.82) is 0 Å². The summed E-state index contributed by atoms with van der Waals surface area (Å²) in [4.78, 5) is 20.1. The van der Waals surface area contributed by atoms with Gasteiger partial charge < -0.3 is 19.5 Å². The molecule has 0 spiro atoms. The number of nitrogens with zero attached hydrogens (tertiary/aromatic N) is 6. The van der Waals surface area contributed by atoms with E-state index in [1.165, 1.54) is 13.5 Å². The normalized spacial score (nSPS) is 30.1. The molecule has 4 saturated carbocycles. The molecule has 240 valence electrons. The molecule has 2 unspecified atom stereocenters. The summed E-state index contributed by atoms with van der Waals surface area (Å²) in [7, 11) is 1.38. The Morgan fingerprint density at radius 3 is 2.51 bits per heavy atom. The zero-order valence-electron chi connectivity index (χ0n) is 27.0. The van der Waals surface area contributed by atoms with Crippen molar-refractivity contribution in [3.63, 3.8) is 0 Å². The first-order chi connectivity index (χ1) is 21.4. The number of aliphatic hydroxyl groups excluding tert-OH is 1. The maximum atomic E-state index is 13.2. The van der Waals surface area contributed by atoms with E-state index < -0.39 is 5.97 Å². The van der Waals surface area contributed by atoms with Gasteiger partial charge in [0.1, 0.15) is 5.82 Å². The smallest absolute Gasteiger partial charge is 0.357 e. The molecule has 45 heavy (non-hydrogen) atoms. The summed E-state index contributed by atoms with van der Waals surface area (Å²) in [6.45, 7) is 10.8. The molecule has 2 atom stereocenters. The van der Waals surface area contributed by atoms with E-state index >= 15 is 0 Å². The zero-order chi connectivity index (χ0) is 31.8. The van der Waals surface area contributed by atoms with Crippen molar-refractivity contribution < 1.29 is 19.4 Å². The van der Waals surface area contributed by atoms with Gasteiger partial charge in [-0.2, -0.15) is 5.10 Å². The third kappa shape index (κ3) is 5.13. The number of aliphatic hydroxyl groups is 1. The van der Waals surface area contributed by atoms with Gasteiger partial charge in [0.25, 0.3) is 0 Å². The predicted octanol–water partition coefficient (Wildman–Crippen LogP) is 6.00. The topological polar surface area (TPSA) is 115 Å². The minimum Gasteiger partial charge on any atom is -0.464 e. The number of hydrogen-bond acceptors (Lipinski definition) is 9. The van der Waals surface area contributed by atoms with Crippen LogP contribution in [0.1, 0.15) is 86.1 Å². The van der Waals surface area contributed by atoms with E-state index in [1.54, 1.807) is 0 Å². The molecule has 1 N–H and O–H groups in total. The summed E-state index contributed by atoms with van der Waals surface area (Å²) in [6.07, 6.45) is 10.2. The molecule has 4 bridgehead atoms. The molecule has 3 aromatic heterocycles. The van der Waals surface area contributed by atoms with Crippen molar-refractivity contribution in [2.45, 2.75) is 91.2 Å². The summed E-state index contributed by atoms with van der Waals surface area (Å²) in [5.74, 6) is 0.839. The lowest BCUT2D eigenvalue weighted by atomic mass is 9.39. The molecule has 5 aliphatic rings. The second-order valence-electron chi connectivity index (χ2n) is 15.0. The summed E-state index contributed by atoms with van der Waals surface area (Å²) in [5.41, 5.74) is 5.06. The molecule has 4 aliphatic carbocycles. The molecule has 8 rings (SSSR count). The quantitative estimate of drug-likeness (QED) is 0.298. The van der Waals surface area contributed by atoms with E-state index in [1.807, 2.05) is 30.2 Å². The standard InChI is InChI=1S/C34H43ClN6O4/c1-21-23-7-6-10-40(29(23)39-38-28(21)35)26-9-8-24(27(37-26)30(43)44-5)25-13-36-41(22(25)2)20-33-15-31(3)14-32(4,16-33)18-34(17-31,19-33)45-12-11-42/h8-9,13,42H,6-7,10-12,14-20H2,1-5H3. The Morgan fingerprint density at radius 2 is 1.80 bits per heavy atom. The van der Waals surface area contributed by atoms with Crippen LogP contribution in [0.4, 0.5) is 11.6 Å². The number of methoxy groups -OCH3 is 1. The summed E-state index contributed by atoms with van der Waals surface area (Å²) < 4.78 is 13.8. The first kappa shape index (κ1) is 30.6. The fraction of sp³-hybridized carbons (Fsp3) is 0.618. The number of halogens is 1. The molecule has 3 aromatic rings. The monoisotopic (exact) mass is 634 g/mol. The third-order valence-corrected chi connectivity index (χ3v) is 11.3. The molecule has 4 fully saturated rings. The van der Waals surface area contributed by atoms with E-state index in [0.717, 1.165) is 79.7 Å². The average molecular weight is 635 g/mol. The first-order valence-electron chi connectivity index (χ1n) is 16.1. The Labute approximate surface area is 269 Å². The number of fused-ring (bicyclic) bond motifs is 1. The van der Waals surface area contributed by atoms with Crippen LogP contribution in [-0.4, -0.2) is 68.5 Å². The van der Waals surface area contributed by atoms with Crippen molar-refractivity contribution in [2.75, 3.05) is 31.8 Å². The molecule has 0 radical (unpaired) electrons. The van der Waals surface area contributed by atoms with E-state index in [-0.39, 0.29) is 34.1 Å². The first-order valence-corrected chi connectivity index (χ1v) is 16.4. The Hall–Kier alpha value is -3.08. The average Bonchev–Trinajstić information content (AvgIpc) is 3.33. The molecular weight excluding hydrogens is 592 g/mol. The second-order valence-corrected chi connectivity index (χ2v) is 15.3. The summed E-state index contributed by atoms with van der Waals surface area (Å²) in [6, 6.07) is 3.88. The van der Waals surface area contributed by atoms with E-state index in [4.69, 9.17) is 31.2 Å². The third-order valence-electron chi connectivity index (χ3n) is 10.9. The predicted molar refractivity (Wildman–Crippen MR) is 171 cm³/mol. The summed E-state index contributed by atoms with van der Waals surface area (Å²) >= 11 is 6.28. The number of ether oxygens (including phenoxy) is 2. The van der Waals surface area contributed by atoms with Crippen LogP contribution in [0, 0.1) is 30.1 Å². The maximum Gasteiger partial charge on any atom is 0.357 e. The minimum absolute atomic E-state index is 0.0464. The zero-order valence-corrected chi connectivity index (χ0v) is 27.7. The number of carbonyl (C=O) groups is 1. The molecule has 4 heterocycles. The lowest BCUT2D eigenvalue weighted by Gasteiger charge is -2.69. The Balaban J connectivity index is 1.22. The highest BCUT2D eigenvalue weighted by Gasteiger charge is 2.66. The highest BCUT2D eigenvalue weighted by atomic mass is 35.5. The summed E-state index contributed by atoms with van der Waals surface area (Å²) in [5, 5.41) is 23.4. The SMILES string of the molecule is COC(=O)c1nc(N2CCCc3c2nnc(Cl)c3C)ccc1-c1cnn(CC23CC4(C)CC(C)(C2)CC(OCCO)(C4)C3)c1C. The van der Waals surface area contributed by atoms with Gasteiger partial charge in [0, 0.05) is 35.5 Å². The van der Waals surface area contributed by atoms with Gasteiger partial charge in [0.05, 0.1) is 32.1 Å². The van der Waals surface area contributed by atoms with Gasteiger partial charge in [-0.25, -0.2) is 9.78 Å². The number of pyridine rings is 1. The molecule has 0 saturated heterocycles. The Morgan fingerprint density at radius 1 is 1.04 bits per heavy atom. The van der Waals surface area contributed by atoms with Gasteiger partial charge in [0.2, 0.25) is 0 Å². The van der Waals surface area contributed by atoms with Crippen molar-refractivity contribution in [3.8, 4) is 11.1 Å². The van der Waals surface area contributed by atoms with Gasteiger partial charge in [-0.1, -0.05) is 25.4 Å². The fourth-order valence-corrected chi connectivity index (χ4v) is 10.6. The van der Waals surface area contributed by atoms with Gasteiger partial charge in [-0.15, -0.1) is 10.2 Å². The maximum absolute atomic E-state index is 13.2. The van der Waals surface area contributed by atoms with Crippen LogP contribution in [0.15, 0.2) is 18.3 Å². The van der Waals surface area contributed by atoms with Gasteiger partial charge in [-0.3, -0.25) is 4.68 Å². The van der Waals surface area contributed by atoms with Crippen molar-refractivity contribution in [3.05, 3.63) is 46.0 Å². The number of hydrogen-bond donors (Lipinski definition) is 1. The molecule has 1 aliphatic heterocycles. The van der Waals surface area contributed by atoms with Crippen LogP contribution >= 0.6 is 11.6 Å². The largest absolute Gasteiger partial charge is 0.464 e. The molecule has 11 heteroatoms. The van der Waals surface area contributed by atoms with E-state index in [9.17, 15) is 9.90 Å². The highest BCUT2D eigenvalue weighted by Crippen LogP contribution is 2.72. The fourth-order valence-electron chi connectivity index (χ4n) is 10.4. The van der Waals surface area contributed by atoms with Crippen LogP contribution in [0.25, 0.3) is 11.1 Å². The molecule has 10 nitrogen and oxygen atoms in total. The minimum atomic E-state index is -0.500. The van der Waals surface area contributed by atoms with Crippen LogP contribution in [0.2, 0.25) is 5.15 Å². The van der Waals surface area contributed by atoms with Gasteiger partial charge in [-0.05, 0) is 99.2 Å². The van der Waals surface area contributed by atoms with Crippen LogP contribution in [-0.2, 0) is 22.4 Å². The van der Waals surface area contributed by atoms with Crippen LogP contribution in [0.3, 0.4) is 0 Å². The number of aromatic nitrogens is 5. The number of carbonyl (C=O) groups excluding carboxylic acids is 1. The number of rotatable bonds is 8. The Bertz CT molecular complexity index is 1650.